The van der Waals surface area contributed by atoms with Crippen LogP contribution in [0.4, 0.5) is 11.4 Å². The Balaban J connectivity index is 1.82. The van der Waals surface area contributed by atoms with Crippen molar-refractivity contribution in [1.82, 2.24) is 0 Å². The van der Waals surface area contributed by atoms with Gasteiger partial charge in [0.05, 0.1) is 26.3 Å². The Labute approximate surface area is 156 Å². The van der Waals surface area contributed by atoms with Crippen molar-refractivity contribution in [3.8, 4) is 11.5 Å². The highest BCUT2D eigenvalue weighted by atomic mass is 32.2. The van der Waals surface area contributed by atoms with E-state index >= 15 is 0 Å². The number of anilines is 2. The third-order valence-corrected chi connectivity index (χ3v) is 4.91. The molecular weight excluding hydrogens is 352 g/mol. The lowest BCUT2D eigenvalue weighted by Gasteiger charge is -2.18. The second kappa shape index (κ2) is 7.70. The third-order valence-electron chi connectivity index (χ3n) is 4.18. The number of imide groups is 1. The molecular formula is C19H20N2O4S. The monoisotopic (exact) mass is 372 g/mol. The largest absolute Gasteiger partial charge is 0.493 e. The van der Waals surface area contributed by atoms with E-state index in [9.17, 15) is 9.59 Å². The predicted octanol–water partition coefficient (Wildman–Crippen LogP) is 3.17. The average Bonchev–Trinajstić information content (AvgIpc) is 2.94. The van der Waals surface area contributed by atoms with Crippen molar-refractivity contribution in [2.75, 3.05) is 30.7 Å². The van der Waals surface area contributed by atoms with E-state index in [2.05, 4.69) is 5.32 Å². The number of thioether (sulfide) groups is 1. The summed E-state index contributed by atoms with van der Waals surface area (Å²) in [6, 6.07) is 12.1. The average molecular weight is 372 g/mol. The summed E-state index contributed by atoms with van der Waals surface area (Å²) in [4.78, 5) is 27.5. The molecule has 0 unspecified atom stereocenters. The second-order valence-corrected chi connectivity index (χ2v) is 6.62. The Kier molecular flexibility index (Phi) is 5.37. The molecule has 0 aliphatic carbocycles. The van der Waals surface area contributed by atoms with E-state index < -0.39 is 6.04 Å². The number of hydrogen-bond acceptors (Lipinski definition) is 6. The van der Waals surface area contributed by atoms with Crippen LogP contribution in [0.2, 0.25) is 0 Å². The van der Waals surface area contributed by atoms with Crippen molar-refractivity contribution in [3.05, 3.63) is 42.5 Å². The Morgan fingerprint density at radius 2 is 1.85 bits per heavy atom. The topological polar surface area (TPSA) is 67.9 Å². The summed E-state index contributed by atoms with van der Waals surface area (Å²) in [5, 5.41) is 3.17. The van der Waals surface area contributed by atoms with Crippen LogP contribution in [0.3, 0.4) is 0 Å². The number of rotatable bonds is 6. The van der Waals surface area contributed by atoms with Gasteiger partial charge < -0.3 is 14.8 Å². The van der Waals surface area contributed by atoms with Gasteiger partial charge in [-0.15, -0.1) is 11.8 Å². The van der Waals surface area contributed by atoms with Gasteiger partial charge in [0.1, 0.15) is 6.04 Å². The third kappa shape index (κ3) is 3.48. The van der Waals surface area contributed by atoms with Crippen LogP contribution in [0.5, 0.6) is 11.5 Å². The van der Waals surface area contributed by atoms with E-state index in [1.165, 1.54) is 19.1 Å². The van der Waals surface area contributed by atoms with E-state index in [1.807, 2.05) is 30.5 Å². The van der Waals surface area contributed by atoms with E-state index in [1.54, 1.807) is 30.0 Å². The number of carbonyl (C=O) groups excluding carboxylic acids is 2. The Morgan fingerprint density at radius 3 is 2.54 bits per heavy atom. The maximum absolute atomic E-state index is 12.8. The van der Waals surface area contributed by atoms with Crippen LogP contribution >= 0.6 is 11.8 Å². The lowest BCUT2D eigenvalue weighted by atomic mass is 10.2. The fourth-order valence-corrected chi connectivity index (χ4v) is 3.35. The quantitative estimate of drug-likeness (QED) is 0.621. The van der Waals surface area contributed by atoms with E-state index in [0.29, 0.717) is 17.2 Å². The molecule has 0 radical (unpaired) electrons. The molecule has 2 amide bonds. The number of nitrogens with one attached hydrogen (secondary N) is 1. The summed E-state index contributed by atoms with van der Waals surface area (Å²) in [5.41, 5.74) is 1.29. The zero-order valence-electron chi connectivity index (χ0n) is 14.8. The molecule has 1 heterocycles. The van der Waals surface area contributed by atoms with Gasteiger partial charge in [0.2, 0.25) is 5.91 Å². The number of amides is 2. The number of ether oxygens (including phenoxy) is 2. The number of methoxy groups -OCH3 is 2. The summed E-state index contributed by atoms with van der Waals surface area (Å²) < 4.78 is 10.5. The van der Waals surface area contributed by atoms with E-state index in [4.69, 9.17) is 9.47 Å². The lowest BCUT2D eigenvalue weighted by Crippen LogP contribution is -2.34. The molecule has 0 spiro atoms. The summed E-state index contributed by atoms with van der Waals surface area (Å²) >= 11 is 1.62. The highest BCUT2D eigenvalue weighted by Gasteiger charge is 2.39. The standard InChI is InChI=1S/C19H20N2O4S/c1-24-16-8-7-13(10-17(16)25-2)21-18(22)11-15(19(21)23)20-12-5-4-6-14(9-12)26-3/h4-10,15,20H,11H2,1-3H3/t15-/m0/s1. The molecule has 1 N–H and O–H groups in total. The lowest BCUT2D eigenvalue weighted by molar-refractivity contribution is -0.121. The zero-order chi connectivity index (χ0) is 18.7. The van der Waals surface area contributed by atoms with Crippen molar-refractivity contribution in [2.24, 2.45) is 0 Å². The molecule has 6 nitrogen and oxygen atoms in total. The molecule has 1 atom stereocenters. The zero-order valence-corrected chi connectivity index (χ0v) is 15.6. The highest BCUT2D eigenvalue weighted by molar-refractivity contribution is 7.98. The molecule has 7 heteroatoms. The van der Waals surface area contributed by atoms with Gasteiger partial charge in [-0.2, -0.15) is 0 Å². The van der Waals surface area contributed by atoms with Crippen LogP contribution in [-0.4, -0.2) is 38.3 Å². The molecule has 0 saturated carbocycles. The molecule has 1 fully saturated rings. The molecule has 1 saturated heterocycles. The number of hydrogen-bond donors (Lipinski definition) is 1. The normalized spacial score (nSPS) is 16.7. The van der Waals surface area contributed by atoms with Gasteiger partial charge >= 0.3 is 0 Å². The minimum Gasteiger partial charge on any atom is -0.493 e. The Morgan fingerprint density at radius 1 is 1.08 bits per heavy atom. The first-order valence-corrected chi connectivity index (χ1v) is 9.29. The first-order chi connectivity index (χ1) is 12.6. The van der Waals surface area contributed by atoms with Crippen LogP contribution in [0, 0.1) is 0 Å². The number of carbonyl (C=O) groups is 2. The molecule has 1 aliphatic heterocycles. The van der Waals surface area contributed by atoms with Crippen LogP contribution < -0.4 is 19.7 Å². The van der Waals surface area contributed by atoms with E-state index in [-0.39, 0.29) is 18.2 Å². The van der Waals surface area contributed by atoms with Crippen molar-refractivity contribution in [2.45, 2.75) is 17.4 Å². The van der Waals surface area contributed by atoms with Crippen LogP contribution in [0.1, 0.15) is 6.42 Å². The first kappa shape index (κ1) is 18.1. The van der Waals surface area contributed by atoms with Crippen molar-refractivity contribution >= 4 is 35.0 Å². The number of nitrogens with zero attached hydrogens (tertiary/aromatic N) is 1. The highest BCUT2D eigenvalue weighted by Crippen LogP contribution is 2.34. The molecule has 26 heavy (non-hydrogen) atoms. The van der Waals surface area contributed by atoms with Crippen molar-refractivity contribution in [3.63, 3.8) is 0 Å². The molecule has 2 aromatic rings. The molecule has 136 valence electrons. The summed E-state index contributed by atoms with van der Waals surface area (Å²) in [6.45, 7) is 0. The summed E-state index contributed by atoms with van der Waals surface area (Å²) in [6.07, 6.45) is 2.10. The van der Waals surface area contributed by atoms with Gasteiger partial charge in [-0.25, -0.2) is 4.90 Å². The SMILES string of the molecule is COc1ccc(N2C(=O)C[C@H](Nc3cccc(SC)c3)C2=O)cc1OC. The molecule has 3 rings (SSSR count). The maximum atomic E-state index is 12.8. The van der Waals surface area contributed by atoms with Gasteiger partial charge in [-0.05, 0) is 36.6 Å². The molecule has 1 aliphatic rings. The fourth-order valence-electron chi connectivity index (χ4n) is 2.89. The van der Waals surface area contributed by atoms with Crippen LogP contribution in [0.25, 0.3) is 0 Å². The fraction of sp³-hybridized carbons (Fsp3) is 0.263. The molecule has 2 aromatic carbocycles. The van der Waals surface area contributed by atoms with Gasteiger partial charge in [-0.1, -0.05) is 6.07 Å². The summed E-state index contributed by atoms with van der Waals surface area (Å²) in [5.74, 6) is 0.478. The molecule has 0 aromatic heterocycles. The molecule has 0 bridgehead atoms. The summed E-state index contributed by atoms with van der Waals surface area (Å²) in [7, 11) is 3.05. The minimum absolute atomic E-state index is 0.108. The number of benzene rings is 2. The minimum atomic E-state index is -0.590. The second-order valence-electron chi connectivity index (χ2n) is 5.74. The van der Waals surface area contributed by atoms with Crippen molar-refractivity contribution in [1.29, 1.82) is 0 Å². The first-order valence-electron chi connectivity index (χ1n) is 8.06. The Hall–Kier alpha value is -2.67. The predicted molar refractivity (Wildman–Crippen MR) is 102 cm³/mol. The van der Waals surface area contributed by atoms with Gasteiger partial charge in [0.25, 0.3) is 5.91 Å². The van der Waals surface area contributed by atoms with Gasteiger partial charge in [-0.3, -0.25) is 9.59 Å². The van der Waals surface area contributed by atoms with E-state index in [0.717, 1.165) is 10.6 Å². The van der Waals surface area contributed by atoms with Gasteiger partial charge in [0.15, 0.2) is 11.5 Å². The van der Waals surface area contributed by atoms with Crippen LogP contribution in [0.15, 0.2) is 47.4 Å². The van der Waals surface area contributed by atoms with Crippen molar-refractivity contribution < 1.29 is 19.1 Å². The van der Waals surface area contributed by atoms with Crippen LogP contribution in [-0.2, 0) is 9.59 Å². The smallest absolute Gasteiger partial charge is 0.256 e. The Bertz CT molecular complexity index is 840. The maximum Gasteiger partial charge on any atom is 0.256 e. The van der Waals surface area contributed by atoms with Gasteiger partial charge in [0, 0.05) is 16.6 Å².